The van der Waals surface area contributed by atoms with Crippen LogP contribution in [-0.4, -0.2) is 75.7 Å². The van der Waals surface area contributed by atoms with Crippen LogP contribution in [0.4, 0.5) is 5.69 Å². The predicted octanol–water partition coefficient (Wildman–Crippen LogP) is 5.40. The number of aliphatic hydroxyl groups excluding tert-OH is 1. The molecule has 0 radical (unpaired) electrons. The number of benzene rings is 3. The number of amides is 4. The van der Waals surface area contributed by atoms with E-state index in [4.69, 9.17) is 21.6 Å². The number of rotatable bonds is 8. The molecule has 1 aromatic heterocycles. The normalized spacial score (nSPS) is 23.2. The van der Waals surface area contributed by atoms with Gasteiger partial charge in [-0.3, -0.25) is 24.1 Å². The first-order chi connectivity index (χ1) is 26.1. The fourth-order valence-electron chi connectivity index (χ4n) is 8.31. The van der Waals surface area contributed by atoms with Gasteiger partial charge < -0.3 is 29.9 Å². The van der Waals surface area contributed by atoms with Gasteiger partial charge in [-0.2, -0.15) is 5.26 Å². The summed E-state index contributed by atoms with van der Waals surface area (Å²) in [7, 11) is 0. The Morgan fingerprint density at radius 1 is 0.889 bits per heavy atom. The molecule has 278 valence electrons. The quantitative estimate of drug-likeness (QED) is 0.203. The third-order valence-corrected chi connectivity index (χ3v) is 11.6. The van der Waals surface area contributed by atoms with Crippen molar-refractivity contribution >= 4 is 51.7 Å². The highest BCUT2D eigenvalue weighted by Gasteiger charge is 2.44. The molecule has 1 saturated carbocycles. The van der Waals surface area contributed by atoms with Gasteiger partial charge in [0.25, 0.3) is 17.7 Å². The van der Waals surface area contributed by atoms with Gasteiger partial charge in [-0.05, 0) is 106 Å². The number of piperidine rings is 2. The number of aromatic nitrogens is 1. The highest BCUT2D eigenvalue weighted by Crippen LogP contribution is 2.33. The zero-order chi connectivity index (χ0) is 37.5. The van der Waals surface area contributed by atoms with E-state index in [1.54, 1.807) is 30.3 Å². The third-order valence-electron chi connectivity index (χ3n) is 11.3. The molecule has 4 amide bonds. The zero-order valence-corrected chi connectivity index (χ0v) is 30.4. The fourth-order valence-corrected chi connectivity index (χ4v) is 8.53. The third kappa shape index (κ3) is 7.13. The van der Waals surface area contributed by atoms with Crippen LogP contribution in [0.5, 0.6) is 5.75 Å². The number of halogens is 1. The number of fused-ring (bicyclic) bond motifs is 2. The zero-order valence-electron chi connectivity index (χ0n) is 29.7. The van der Waals surface area contributed by atoms with Gasteiger partial charge in [0, 0.05) is 66.2 Å². The SMILES string of the molecule is N#Cc1ccc(O[C@H]2CC[C@H](NC(=O)c3ccc(N4CCC(Cn5cc6cc7c(cc6c5)C(=O)N(C5CCC(O)NC5=O)C7=O)CC4)cc3)CC2)cc1Cl. The van der Waals surface area contributed by atoms with E-state index < -0.39 is 30.0 Å². The maximum atomic E-state index is 13.3. The van der Waals surface area contributed by atoms with Crippen molar-refractivity contribution in [2.24, 2.45) is 5.92 Å². The van der Waals surface area contributed by atoms with E-state index in [2.05, 4.69) is 26.2 Å². The van der Waals surface area contributed by atoms with Crippen molar-refractivity contribution in [3.8, 4) is 11.8 Å². The largest absolute Gasteiger partial charge is 0.490 e. The molecule has 0 spiro atoms. The molecule has 2 atom stereocenters. The Bertz CT molecular complexity index is 2110. The second kappa shape index (κ2) is 14.8. The van der Waals surface area contributed by atoms with Gasteiger partial charge >= 0.3 is 0 Å². The Hall–Kier alpha value is -5.38. The lowest BCUT2D eigenvalue weighted by Crippen LogP contribution is -2.55. The number of aliphatic hydroxyl groups is 1. The minimum Gasteiger partial charge on any atom is -0.490 e. The number of nitriles is 1. The molecule has 3 N–H and O–H groups in total. The second-order valence-corrected chi connectivity index (χ2v) is 15.3. The average Bonchev–Trinajstić information content (AvgIpc) is 3.67. The number of carbonyl (C=O) groups is 4. The van der Waals surface area contributed by atoms with Crippen molar-refractivity contribution in [3.63, 3.8) is 0 Å². The first kappa shape index (κ1) is 35.6. The van der Waals surface area contributed by atoms with Gasteiger partial charge in [0.1, 0.15) is 24.1 Å². The molecule has 3 aromatic carbocycles. The topological polar surface area (TPSA) is 157 Å². The molecule has 8 rings (SSSR count). The number of nitrogens with zero attached hydrogens (tertiary/aromatic N) is 4. The Kier molecular flexibility index (Phi) is 9.77. The molecule has 3 fully saturated rings. The predicted molar refractivity (Wildman–Crippen MR) is 201 cm³/mol. The Balaban J connectivity index is 0.805. The van der Waals surface area contributed by atoms with E-state index in [-0.39, 0.29) is 30.9 Å². The Morgan fingerprint density at radius 3 is 2.17 bits per heavy atom. The monoisotopic (exact) mass is 748 g/mol. The smallest absolute Gasteiger partial charge is 0.262 e. The number of ether oxygens (including phenoxy) is 1. The Labute approximate surface area is 317 Å². The summed E-state index contributed by atoms with van der Waals surface area (Å²) in [6.07, 6.45) is 8.90. The van der Waals surface area contributed by atoms with Crippen molar-refractivity contribution in [2.45, 2.75) is 82.3 Å². The van der Waals surface area contributed by atoms with Crippen LogP contribution < -0.4 is 20.3 Å². The standard InChI is InChI=1S/C41H41ClN6O6/c42-35-19-32(8-3-26(35)20-43)54-31-9-4-29(5-10-31)44-38(50)25-1-6-30(7-2-25)47-15-13-24(14-16-47)21-46-22-27-17-33-34(18-28(27)23-46)41(53)48(40(33)52)36-11-12-37(49)45-39(36)51/h1-3,6-8,17-19,22-24,29,31,36-37,49H,4-5,9-16,21H2,(H,44,50)(H,45,51)/t29-,31-,36?,37?. The van der Waals surface area contributed by atoms with E-state index in [1.165, 1.54) is 0 Å². The highest BCUT2D eigenvalue weighted by atomic mass is 35.5. The number of carbonyl (C=O) groups excluding carboxylic acids is 4. The highest BCUT2D eigenvalue weighted by molar-refractivity contribution is 6.31. The van der Waals surface area contributed by atoms with Crippen LogP contribution in [-0.2, 0) is 11.3 Å². The molecular weight excluding hydrogens is 708 g/mol. The molecule has 3 aliphatic heterocycles. The lowest BCUT2D eigenvalue weighted by molar-refractivity contribution is -0.131. The lowest BCUT2D eigenvalue weighted by atomic mass is 9.92. The van der Waals surface area contributed by atoms with Gasteiger partial charge in [-0.25, -0.2) is 0 Å². The number of hydrogen-bond donors (Lipinski definition) is 3. The van der Waals surface area contributed by atoms with Crippen molar-refractivity contribution in [1.29, 1.82) is 5.26 Å². The van der Waals surface area contributed by atoms with Gasteiger partial charge in [0.05, 0.1) is 27.8 Å². The maximum absolute atomic E-state index is 13.3. The molecule has 4 aromatic rings. The van der Waals surface area contributed by atoms with Gasteiger partial charge in [-0.1, -0.05) is 11.6 Å². The van der Waals surface area contributed by atoms with Gasteiger partial charge in [0.2, 0.25) is 5.91 Å². The van der Waals surface area contributed by atoms with Crippen LogP contribution in [0.15, 0.2) is 67.0 Å². The van der Waals surface area contributed by atoms with E-state index in [1.807, 2.05) is 36.7 Å². The molecule has 13 heteroatoms. The molecule has 1 aliphatic carbocycles. The van der Waals surface area contributed by atoms with Crippen LogP contribution in [0.1, 0.15) is 88.0 Å². The summed E-state index contributed by atoms with van der Waals surface area (Å²) in [6, 6.07) is 17.7. The number of anilines is 1. The fraction of sp³-hybridized carbons (Fsp3) is 0.390. The molecule has 2 saturated heterocycles. The Morgan fingerprint density at radius 2 is 1.56 bits per heavy atom. The maximum Gasteiger partial charge on any atom is 0.262 e. The van der Waals surface area contributed by atoms with E-state index >= 15 is 0 Å². The van der Waals surface area contributed by atoms with E-state index in [0.29, 0.717) is 38.9 Å². The number of hydrogen-bond acceptors (Lipinski definition) is 8. The minimum atomic E-state index is -0.962. The first-order valence-electron chi connectivity index (χ1n) is 18.7. The van der Waals surface area contributed by atoms with Crippen LogP contribution >= 0.6 is 11.6 Å². The summed E-state index contributed by atoms with van der Waals surface area (Å²) in [5, 5.41) is 26.5. The summed E-state index contributed by atoms with van der Waals surface area (Å²) in [5.74, 6) is -0.424. The molecule has 4 aliphatic rings. The molecular formula is C41H41ClN6O6. The van der Waals surface area contributed by atoms with Crippen molar-refractivity contribution in [3.05, 3.63) is 94.3 Å². The molecule has 12 nitrogen and oxygen atoms in total. The van der Waals surface area contributed by atoms with Crippen LogP contribution in [0.25, 0.3) is 10.8 Å². The van der Waals surface area contributed by atoms with Crippen molar-refractivity contribution in [1.82, 2.24) is 20.1 Å². The first-order valence-corrected chi connectivity index (χ1v) is 19.0. The lowest BCUT2D eigenvalue weighted by Gasteiger charge is -2.34. The average molecular weight is 749 g/mol. The van der Waals surface area contributed by atoms with Gasteiger partial charge in [0.15, 0.2) is 0 Å². The van der Waals surface area contributed by atoms with Crippen molar-refractivity contribution < 1.29 is 29.0 Å². The summed E-state index contributed by atoms with van der Waals surface area (Å²) in [5.41, 5.74) is 2.77. The number of imide groups is 1. The second-order valence-electron chi connectivity index (χ2n) is 14.9. The summed E-state index contributed by atoms with van der Waals surface area (Å²) in [4.78, 5) is 55.5. The molecule has 54 heavy (non-hydrogen) atoms. The number of nitrogens with one attached hydrogen (secondary N) is 2. The molecule has 0 bridgehead atoms. The summed E-state index contributed by atoms with van der Waals surface area (Å²) >= 11 is 6.15. The van der Waals surface area contributed by atoms with Crippen LogP contribution in [0.3, 0.4) is 0 Å². The van der Waals surface area contributed by atoms with Crippen LogP contribution in [0.2, 0.25) is 5.02 Å². The minimum absolute atomic E-state index is 0.0388. The van der Waals surface area contributed by atoms with Crippen molar-refractivity contribution in [2.75, 3.05) is 18.0 Å². The summed E-state index contributed by atoms with van der Waals surface area (Å²) < 4.78 is 8.23. The van der Waals surface area contributed by atoms with Crippen LogP contribution in [0, 0.1) is 17.2 Å². The molecule has 2 unspecified atom stereocenters. The summed E-state index contributed by atoms with van der Waals surface area (Å²) in [6.45, 7) is 2.62. The van der Waals surface area contributed by atoms with E-state index in [9.17, 15) is 24.3 Å². The van der Waals surface area contributed by atoms with E-state index in [0.717, 1.165) is 79.5 Å². The molecule has 4 heterocycles. The van der Waals surface area contributed by atoms with Gasteiger partial charge in [-0.15, -0.1) is 0 Å².